The monoisotopic (exact) mass is 718 g/mol. The third kappa shape index (κ3) is 6.73. The Kier molecular flexibility index (Phi) is 11.0. The lowest BCUT2D eigenvalue weighted by Crippen LogP contribution is -2.58. The molecule has 1 amide bonds. The van der Waals surface area contributed by atoms with Gasteiger partial charge in [-0.1, -0.05) is 19.0 Å². The predicted molar refractivity (Wildman–Crippen MR) is 198 cm³/mol. The van der Waals surface area contributed by atoms with Crippen LogP contribution in [0.3, 0.4) is 0 Å². The van der Waals surface area contributed by atoms with Crippen LogP contribution in [0.4, 0.5) is 15.2 Å². The minimum atomic E-state index is -0.676. The van der Waals surface area contributed by atoms with Crippen LogP contribution < -0.4 is 15.4 Å². The molecule has 4 aliphatic rings. The van der Waals surface area contributed by atoms with Crippen LogP contribution >= 0.6 is 11.3 Å². The maximum atomic E-state index is 12.9. The van der Waals surface area contributed by atoms with Crippen LogP contribution in [0.1, 0.15) is 100 Å². The highest BCUT2D eigenvalue weighted by atomic mass is 32.1. The van der Waals surface area contributed by atoms with Crippen LogP contribution in [-0.4, -0.2) is 88.4 Å². The van der Waals surface area contributed by atoms with Crippen molar-refractivity contribution < 1.29 is 18.4 Å². The number of nitrogens with two attached hydrogens (primary N) is 1. The second-order valence-corrected chi connectivity index (χ2v) is 15.3. The average molecular weight is 719 g/mol. The highest BCUT2D eigenvalue weighted by Crippen LogP contribution is 2.55. The van der Waals surface area contributed by atoms with E-state index in [2.05, 4.69) is 35.0 Å². The van der Waals surface area contributed by atoms with E-state index in [0.29, 0.717) is 46.9 Å². The van der Waals surface area contributed by atoms with Crippen molar-refractivity contribution >= 4 is 28.1 Å². The van der Waals surface area contributed by atoms with Gasteiger partial charge in [-0.15, -0.1) is 11.3 Å². The molecule has 2 saturated heterocycles. The van der Waals surface area contributed by atoms with Crippen molar-refractivity contribution in [3.63, 3.8) is 0 Å². The molecular formula is C38H51FN8O3S. The normalized spacial score (nSPS) is 25.3. The molecule has 2 aliphatic heterocycles. The van der Waals surface area contributed by atoms with Crippen LogP contribution in [0.25, 0.3) is 11.5 Å². The molecule has 5 heterocycles. The Morgan fingerprint density at radius 2 is 1.94 bits per heavy atom. The zero-order valence-corrected chi connectivity index (χ0v) is 31.6. The quantitative estimate of drug-likeness (QED) is 0.272. The minimum Gasteiger partial charge on any atom is -0.473 e. The number of aryl methyl sites for hydroxylation is 1. The highest BCUT2D eigenvalue weighted by molar-refractivity contribution is 7.16. The van der Waals surface area contributed by atoms with Gasteiger partial charge in [-0.3, -0.25) is 9.69 Å². The van der Waals surface area contributed by atoms with Gasteiger partial charge in [0.15, 0.2) is 17.3 Å². The maximum Gasteiger partial charge on any atom is 0.246 e. The second-order valence-electron chi connectivity index (χ2n) is 14.2. The topological polar surface area (TPSA) is 138 Å². The zero-order chi connectivity index (χ0) is 36.4. The number of hydrogen-bond acceptors (Lipinski definition) is 11. The summed E-state index contributed by atoms with van der Waals surface area (Å²) in [5, 5.41) is 15.4. The van der Waals surface area contributed by atoms with Crippen LogP contribution in [0.5, 0.6) is 5.88 Å². The molecule has 11 nitrogen and oxygen atoms in total. The van der Waals surface area contributed by atoms with Crippen LogP contribution in [0.15, 0.2) is 22.7 Å². The summed E-state index contributed by atoms with van der Waals surface area (Å²) >= 11 is 1.53. The third-order valence-corrected chi connectivity index (χ3v) is 12.1. The number of anilines is 2. The van der Waals surface area contributed by atoms with Gasteiger partial charge < -0.3 is 24.8 Å². The number of alkyl halides is 1. The number of piperazine rings is 1. The van der Waals surface area contributed by atoms with Crippen molar-refractivity contribution in [3.8, 4) is 23.5 Å². The number of nitrogens with zero attached hydrogens (tertiary/aromatic N) is 7. The van der Waals surface area contributed by atoms with Crippen molar-refractivity contribution in [3.05, 3.63) is 45.5 Å². The van der Waals surface area contributed by atoms with Crippen LogP contribution in [-0.2, 0) is 23.1 Å². The summed E-state index contributed by atoms with van der Waals surface area (Å²) < 4.78 is 25.7. The van der Waals surface area contributed by atoms with Gasteiger partial charge in [-0.25, -0.2) is 9.37 Å². The molecule has 0 bridgehead atoms. The number of aromatic nitrogens is 3. The maximum absolute atomic E-state index is 12.9. The largest absolute Gasteiger partial charge is 0.473 e. The van der Waals surface area contributed by atoms with Crippen LogP contribution in [0, 0.1) is 11.3 Å². The fourth-order valence-electron chi connectivity index (χ4n) is 8.93. The molecule has 3 aromatic rings. The highest BCUT2D eigenvalue weighted by Gasteiger charge is 2.49. The number of ether oxygens (including phenoxy) is 1. The van der Waals surface area contributed by atoms with Gasteiger partial charge in [0.05, 0.1) is 11.0 Å². The molecular weight excluding hydrogens is 668 g/mol. The molecule has 5 atom stereocenters. The molecule has 13 heteroatoms. The number of likely N-dealkylation sites (tertiary alicyclic amines) is 1. The van der Waals surface area contributed by atoms with Crippen molar-refractivity contribution in [1.29, 1.82) is 5.26 Å². The van der Waals surface area contributed by atoms with Gasteiger partial charge >= 0.3 is 0 Å². The molecule has 2 unspecified atom stereocenters. The molecule has 2 N–H and O–H groups in total. The van der Waals surface area contributed by atoms with E-state index < -0.39 is 12.1 Å². The number of amides is 1. The Hall–Kier alpha value is -4.02. The fraction of sp³-hybridized carbons (Fsp3) is 0.605. The first-order valence-corrected chi connectivity index (χ1v) is 19.3. The zero-order valence-electron chi connectivity index (χ0n) is 30.7. The van der Waals surface area contributed by atoms with Gasteiger partial charge in [0.2, 0.25) is 11.8 Å². The van der Waals surface area contributed by atoms with E-state index in [1.165, 1.54) is 28.4 Å². The first kappa shape index (κ1) is 36.8. The van der Waals surface area contributed by atoms with Gasteiger partial charge in [0.25, 0.3) is 0 Å². The van der Waals surface area contributed by atoms with Crippen molar-refractivity contribution in [1.82, 2.24) is 24.9 Å². The van der Waals surface area contributed by atoms with Gasteiger partial charge in [0, 0.05) is 53.8 Å². The number of hydrogen-bond donors (Lipinski definition) is 1. The smallest absolute Gasteiger partial charge is 0.246 e. The lowest BCUT2D eigenvalue weighted by molar-refractivity contribution is -0.130. The van der Waals surface area contributed by atoms with E-state index in [1.54, 1.807) is 4.90 Å². The van der Waals surface area contributed by atoms with Gasteiger partial charge in [0.1, 0.15) is 29.7 Å². The predicted octanol–water partition coefficient (Wildman–Crippen LogP) is 6.44. The summed E-state index contributed by atoms with van der Waals surface area (Å²) in [4.78, 5) is 30.4. The van der Waals surface area contributed by atoms with Crippen molar-refractivity contribution in [2.75, 3.05) is 44.0 Å². The number of carbonyl (C=O) groups excluding carboxylic acids is 1. The molecule has 0 aromatic carbocycles. The molecule has 2 fully saturated rings. The fourth-order valence-corrected chi connectivity index (χ4v) is 10.1. The molecule has 0 saturated carbocycles. The van der Waals surface area contributed by atoms with Gasteiger partial charge in [-0.2, -0.15) is 10.2 Å². The Balaban J connectivity index is 0.00000220. The summed E-state index contributed by atoms with van der Waals surface area (Å²) in [5.74, 6) is 2.21. The van der Waals surface area contributed by atoms with Crippen molar-refractivity contribution in [2.45, 2.75) is 116 Å². The number of fused-ring (bicyclic) bond motifs is 4. The molecule has 3 aromatic heterocycles. The summed E-state index contributed by atoms with van der Waals surface area (Å²) in [7, 11) is 2.13. The molecule has 1 spiro atoms. The standard InChI is InChI=1S/C36H45FN8O3S.C2H6/c1-21-19-44(20-22(2)45(21)30(46)12-7-15-37)28-17-29(47-23(3)26-10-8-16-43(26)4)41-35(40-28)32-24-9-5-13-36(33(24)48-42-32)14-6-11-27-31(36)25(18-38)34(39)49-27;1-2/h7,12,17,21-23,26H,5-6,8-11,13-16,19-20,39H2,1-4H3;1-2H3/b12-7+;/t21-,22?,23-,26?,36-;/m0./s1. The number of halogens is 1. The third-order valence-electron chi connectivity index (χ3n) is 11.0. The van der Waals surface area contributed by atoms with E-state index in [0.717, 1.165) is 74.8 Å². The number of rotatable bonds is 7. The molecule has 2 aliphatic carbocycles. The Morgan fingerprint density at radius 1 is 1.22 bits per heavy atom. The van der Waals surface area contributed by atoms with E-state index >= 15 is 0 Å². The average Bonchev–Trinajstić information content (AvgIpc) is 3.85. The number of carbonyl (C=O) groups is 1. The molecule has 0 radical (unpaired) electrons. The Morgan fingerprint density at radius 3 is 2.61 bits per heavy atom. The summed E-state index contributed by atoms with van der Waals surface area (Å²) in [6, 6.07) is 4.29. The van der Waals surface area contributed by atoms with E-state index in [4.69, 9.17) is 25.0 Å². The summed E-state index contributed by atoms with van der Waals surface area (Å²) in [6.45, 7) is 11.5. The SMILES string of the molecule is CC.CC1CN(c2cc(O[C@@H](C)C3CCCN3C)nc(-c3noc4c3CCC[C@@]43CCCc4sc(N)c(C#N)c43)n2)C[C@H](C)N1C(=O)/C=C/CF. The lowest BCUT2D eigenvalue weighted by Gasteiger charge is -2.44. The number of thiophene rings is 1. The molecule has 274 valence electrons. The Labute approximate surface area is 304 Å². The number of likely N-dealkylation sites (N-methyl/N-ethyl adjacent to an activating group) is 1. The van der Waals surface area contributed by atoms with Gasteiger partial charge in [-0.05, 0) is 97.4 Å². The first-order chi connectivity index (χ1) is 24.6. The second kappa shape index (κ2) is 15.3. The number of allylic oxidation sites excluding steroid dienone is 1. The van der Waals surface area contributed by atoms with Crippen molar-refractivity contribution in [2.24, 2.45) is 0 Å². The van der Waals surface area contributed by atoms with E-state index in [9.17, 15) is 14.4 Å². The lowest BCUT2D eigenvalue weighted by atomic mass is 9.63. The first-order valence-electron chi connectivity index (χ1n) is 18.5. The summed E-state index contributed by atoms with van der Waals surface area (Å²) in [5.41, 5.74) is 9.11. The molecule has 7 rings (SSSR count). The minimum absolute atomic E-state index is 0.0960. The summed E-state index contributed by atoms with van der Waals surface area (Å²) in [6.07, 6.45) is 9.97. The van der Waals surface area contributed by atoms with Crippen LogP contribution in [0.2, 0.25) is 0 Å². The molecule has 51 heavy (non-hydrogen) atoms. The number of nitriles is 1. The Bertz CT molecular complexity index is 1790. The van der Waals surface area contributed by atoms with E-state index in [-0.39, 0.29) is 30.1 Å². The number of nitrogen functional groups attached to an aromatic ring is 1. The van der Waals surface area contributed by atoms with E-state index in [1.807, 2.05) is 33.8 Å².